The summed E-state index contributed by atoms with van der Waals surface area (Å²) in [5.41, 5.74) is 10.1. The lowest BCUT2D eigenvalue weighted by molar-refractivity contribution is 0.316. The van der Waals surface area contributed by atoms with Crippen molar-refractivity contribution in [2.75, 3.05) is 12.8 Å². The highest BCUT2D eigenvalue weighted by Crippen LogP contribution is 2.16. The van der Waals surface area contributed by atoms with E-state index in [0.717, 1.165) is 35.6 Å². The number of nitrogens with zero attached hydrogens (tertiary/aromatic N) is 2. The first-order valence-electron chi connectivity index (χ1n) is 7.09. The molecule has 0 fully saturated rings. The van der Waals surface area contributed by atoms with Gasteiger partial charge in [0.25, 0.3) is 0 Å². The summed E-state index contributed by atoms with van der Waals surface area (Å²) in [6, 6.07) is 20.4. The standard InChI is InChI=1S/C18H19N3/c1-21(12-15-7-2-4-8-17(15)19)13-16-11-10-14-6-3-5-9-18(14)20-16/h2-11H,12-13,19H2,1H3. The lowest BCUT2D eigenvalue weighted by Gasteiger charge is -2.17. The van der Waals surface area contributed by atoms with Crippen LogP contribution in [0.1, 0.15) is 11.3 Å². The Morgan fingerprint density at radius 3 is 2.52 bits per heavy atom. The zero-order chi connectivity index (χ0) is 14.7. The molecular weight excluding hydrogens is 258 g/mol. The monoisotopic (exact) mass is 277 g/mol. The lowest BCUT2D eigenvalue weighted by atomic mass is 10.1. The molecule has 3 heteroatoms. The molecule has 0 saturated heterocycles. The molecule has 0 amide bonds. The third-order valence-electron chi connectivity index (χ3n) is 3.58. The van der Waals surface area contributed by atoms with Crippen molar-refractivity contribution in [3.63, 3.8) is 0 Å². The summed E-state index contributed by atoms with van der Waals surface area (Å²) in [4.78, 5) is 6.93. The number of anilines is 1. The number of rotatable bonds is 4. The van der Waals surface area contributed by atoms with Gasteiger partial charge < -0.3 is 5.73 Å². The quantitative estimate of drug-likeness (QED) is 0.743. The van der Waals surface area contributed by atoms with E-state index in [0.29, 0.717) is 0 Å². The maximum Gasteiger partial charge on any atom is 0.0705 e. The highest BCUT2D eigenvalue weighted by Gasteiger charge is 2.05. The Labute approximate surface area is 125 Å². The molecule has 0 aliphatic heterocycles. The van der Waals surface area contributed by atoms with E-state index in [1.54, 1.807) is 0 Å². The average molecular weight is 277 g/mol. The molecule has 3 nitrogen and oxygen atoms in total. The van der Waals surface area contributed by atoms with E-state index in [1.807, 2.05) is 36.4 Å². The van der Waals surface area contributed by atoms with Crippen LogP contribution in [0.25, 0.3) is 10.9 Å². The fraction of sp³-hybridized carbons (Fsp3) is 0.167. The van der Waals surface area contributed by atoms with Crippen molar-refractivity contribution in [3.8, 4) is 0 Å². The van der Waals surface area contributed by atoms with E-state index in [4.69, 9.17) is 10.7 Å². The van der Waals surface area contributed by atoms with Gasteiger partial charge in [0.05, 0.1) is 11.2 Å². The Hall–Kier alpha value is -2.39. The molecule has 21 heavy (non-hydrogen) atoms. The normalized spacial score (nSPS) is 11.1. The zero-order valence-electron chi connectivity index (χ0n) is 12.2. The van der Waals surface area contributed by atoms with Crippen molar-refractivity contribution in [1.82, 2.24) is 9.88 Å². The van der Waals surface area contributed by atoms with Gasteiger partial charge in [0.2, 0.25) is 0 Å². The maximum absolute atomic E-state index is 5.99. The van der Waals surface area contributed by atoms with Gasteiger partial charge in [-0.25, -0.2) is 0 Å². The van der Waals surface area contributed by atoms with Crippen molar-refractivity contribution < 1.29 is 0 Å². The van der Waals surface area contributed by atoms with Gasteiger partial charge in [0.15, 0.2) is 0 Å². The number of benzene rings is 2. The number of nitrogens with two attached hydrogens (primary N) is 1. The summed E-state index contributed by atoms with van der Waals surface area (Å²) in [7, 11) is 2.09. The van der Waals surface area contributed by atoms with Gasteiger partial charge in [-0.3, -0.25) is 9.88 Å². The van der Waals surface area contributed by atoms with Gasteiger partial charge in [-0.2, -0.15) is 0 Å². The smallest absolute Gasteiger partial charge is 0.0705 e. The second-order valence-corrected chi connectivity index (χ2v) is 5.37. The Bertz CT molecular complexity index is 752. The molecule has 0 bridgehead atoms. The Morgan fingerprint density at radius 2 is 1.67 bits per heavy atom. The highest BCUT2D eigenvalue weighted by molar-refractivity contribution is 5.78. The number of para-hydroxylation sites is 2. The van der Waals surface area contributed by atoms with E-state index in [2.05, 4.69) is 36.2 Å². The molecule has 0 aliphatic rings. The van der Waals surface area contributed by atoms with Crippen LogP contribution in [0.15, 0.2) is 60.7 Å². The third kappa shape index (κ3) is 3.20. The van der Waals surface area contributed by atoms with Crippen LogP contribution in [-0.2, 0) is 13.1 Å². The lowest BCUT2D eigenvalue weighted by Crippen LogP contribution is -2.18. The van der Waals surface area contributed by atoms with Crippen molar-refractivity contribution in [2.24, 2.45) is 0 Å². The molecule has 2 N–H and O–H groups in total. The number of fused-ring (bicyclic) bond motifs is 1. The molecule has 1 heterocycles. The number of hydrogen-bond acceptors (Lipinski definition) is 3. The molecule has 0 saturated carbocycles. The fourth-order valence-corrected chi connectivity index (χ4v) is 2.50. The van der Waals surface area contributed by atoms with Crippen LogP contribution in [-0.4, -0.2) is 16.9 Å². The van der Waals surface area contributed by atoms with E-state index < -0.39 is 0 Å². The number of pyridine rings is 1. The van der Waals surface area contributed by atoms with Crippen LogP contribution in [0.5, 0.6) is 0 Å². The average Bonchev–Trinajstić information content (AvgIpc) is 2.49. The van der Waals surface area contributed by atoms with Crippen molar-refractivity contribution in [3.05, 3.63) is 71.9 Å². The van der Waals surface area contributed by atoms with Crippen molar-refractivity contribution in [2.45, 2.75) is 13.1 Å². The molecule has 0 aliphatic carbocycles. The molecule has 3 aromatic rings. The Kier molecular flexibility index (Phi) is 3.84. The molecule has 0 unspecified atom stereocenters. The first kappa shape index (κ1) is 13.6. The Balaban J connectivity index is 1.74. The van der Waals surface area contributed by atoms with Gasteiger partial charge >= 0.3 is 0 Å². The van der Waals surface area contributed by atoms with Crippen LogP contribution in [0.2, 0.25) is 0 Å². The SMILES string of the molecule is CN(Cc1ccc2ccccc2n1)Cc1ccccc1N. The molecule has 3 rings (SSSR count). The van der Waals surface area contributed by atoms with Crippen LogP contribution < -0.4 is 5.73 Å². The summed E-state index contributed by atoms with van der Waals surface area (Å²) in [5, 5.41) is 1.18. The second kappa shape index (κ2) is 5.94. The van der Waals surface area contributed by atoms with Gasteiger partial charge in [-0.05, 0) is 30.8 Å². The molecule has 1 aromatic heterocycles. The predicted octanol–water partition coefficient (Wildman–Crippen LogP) is 3.45. The molecule has 0 radical (unpaired) electrons. The molecular formula is C18H19N3. The van der Waals surface area contributed by atoms with Crippen LogP contribution in [0.3, 0.4) is 0 Å². The zero-order valence-corrected chi connectivity index (χ0v) is 12.2. The van der Waals surface area contributed by atoms with Gasteiger partial charge in [0, 0.05) is 24.2 Å². The summed E-state index contributed by atoms with van der Waals surface area (Å²) in [5.74, 6) is 0. The number of aromatic nitrogens is 1. The minimum Gasteiger partial charge on any atom is -0.398 e. The summed E-state index contributed by atoms with van der Waals surface area (Å²) >= 11 is 0. The fourth-order valence-electron chi connectivity index (χ4n) is 2.50. The summed E-state index contributed by atoms with van der Waals surface area (Å²) < 4.78 is 0. The van der Waals surface area contributed by atoms with E-state index in [1.165, 1.54) is 5.39 Å². The van der Waals surface area contributed by atoms with Crippen molar-refractivity contribution in [1.29, 1.82) is 0 Å². The van der Waals surface area contributed by atoms with Gasteiger partial charge in [-0.1, -0.05) is 42.5 Å². The maximum atomic E-state index is 5.99. The largest absolute Gasteiger partial charge is 0.398 e. The molecule has 106 valence electrons. The van der Waals surface area contributed by atoms with E-state index in [-0.39, 0.29) is 0 Å². The molecule has 0 spiro atoms. The first-order chi connectivity index (χ1) is 10.2. The third-order valence-corrected chi connectivity index (χ3v) is 3.58. The molecule has 2 aromatic carbocycles. The second-order valence-electron chi connectivity index (χ2n) is 5.37. The molecule has 0 atom stereocenters. The summed E-state index contributed by atoms with van der Waals surface area (Å²) in [6.45, 7) is 1.63. The number of hydrogen-bond donors (Lipinski definition) is 1. The topological polar surface area (TPSA) is 42.2 Å². The van der Waals surface area contributed by atoms with E-state index in [9.17, 15) is 0 Å². The Morgan fingerprint density at radius 1 is 0.905 bits per heavy atom. The summed E-state index contributed by atoms with van der Waals surface area (Å²) in [6.07, 6.45) is 0. The predicted molar refractivity (Wildman–Crippen MR) is 87.8 cm³/mol. The van der Waals surface area contributed by atoms with Gasteiger partial charge in [0.1, 0.15) is 0 Å². The van der Waals surface area contributed by atoms with Gasteiger partial charge in [-0.15, -0.1) is 0 Å². The van der Waals surface area contributed by atoms with E-state index >= 15 is 0 Å². The van der Waals surface area contributed by atoms with Crippen LogP contribution in [0, 0.1) is 0 Å². The number of nitrogen functional groups attached to an aromatic ring is 1. The minimum atomic E-state index is 0.805. The van der Waals surface area contributed by atoms with Crippen molar-refractivity contribution >= 4 is 16.6 Å². The van der Waals surface area contributed by atoms with Crippen LogP contribution >= 0.6 is 0 Å². The minimum absolute atomic E-state index is 0.805. The first-order valence-corrected chi connectivity index (χ1v) is 7.09. The van der Waals surface area contributed by atoms with Crippen LogP contribution in [0.4, 0.5) is 5.69 Å². The highest BCUT2D eigenvalue weighted by atomic mass is 15.1.